The molecule has 0 bridgehead atoms. The Bertz CT molecular complexity index is 582. The molecule has 0 saturated carbocycles. The Balaban J connectivity index is 2.16. The summed E-state index contributed by atoms with van der Waals surface area (Å²) in [6.07, 6.45) is 0. The van der Waals surface area contributed by atoms with Gasteiger partial charge in [-0.1, -0.05) is 35.1 Å². The van der Waals surface area contributed by atoms with Crippen molar-refractivity contribution >= 4 is 28.9 Å². The molecule has 0 unspecified atom stereocenters. The van der Waals surface area contributed by atoms with E-state index in [-0.39, 0.29) is 21.8 Å². The molecule has 0 aliphatic carbocycles. The molecular formula is C12H10ClNO4S. The number of carbonyl (C=O) groups excluding carboxylic acids is 1. The molecule has 19 heavy (non-hydrogen) atoms. The van der Waals surface area contributed by atoms with Gasteiger partial charge in [0.05, 0.1) is 13.7 Å². The highest BCUT2D eigenvalue weighted by Crippen LogP contribution is 2.32. The molecule has 0 aliphatic heterocycles. The highest BCUT2D eigenvalue weighted by Gasteiger charge is 2.18. The number of hydrogen-bond acceptors (Lipinski definition) is 6. The zero-order chi connectivity index (χ0) is 13.8. The van der Waals surface area contributed by atoms with Crippen LogP contribution in [0.3, 0.4) is 0 Å². The minimum atomic E-state index is -0.548. The molecule has 1 N–H and O–H groups in total. The number of nitrogens with zero attached hydrogens (tertiary/aromatic N) is 1. The molecule has 0 atom stereocenters. The van der Waals surface area contributed by atoms with Gasteiger partial charge < -0.3 is 14.6 Å². The van der Waals surface area contributed by atoms with E-state index >= 15 is 0 Å². The quantitative estimate of drug-likeness (QED) is 0.879. The van der Waals surface area contributed by atoms with Crippen molar-refractivity contribution in [1.82, 2.24) is 4.98 Å². The number of hydrogen-bond donors (Lipinski definition) is 1. The van der Waals surface area contributed by atoms with Crippen molar-refractivity contribution in [2.24, 2.45) is 0 Å². The number of aromatic nitrogens is 1. The molecule has 5 nitrogen and oxygen atoms in total. The number of aliphatic hydroxyl groups excluding tert-OH is 1. The first-order chi connectivity index (χ1) is 9.13. The molecule has 2 rings (SSSR count). The number of carbonyl (C=O) groups is 1. The molecular weight excluding hydrogens is 290 g/mol. The lowest BCUT2D eigenvalue weighted by Crippen LogP contribution is -1.98. The summed E-state index contributed by atoms with van der Waals surface area (Å²) in [7, 11) is 1.27. The maximum absolute atomic E-state index is 11.4. The molecule has 0 saturated heterocycles. The molecule has 0 spiro atoms. The molecule has 1 heterocycles. The van der Waals surface area contributed by atoms with E-state index in [1.807, 2.05) is 0 Å². The minimum Gasteiger partial charge on any atom is -0.465 e. The average molecular weight is 300 g/mol. The van der Waals surface area contributed by atoms with Crippen LogP contribution in [0, 0.1) is 0 Å². The van der Waals surface area contributed by atoms with Crippen LogP contribution in [-0.2, 0) is 11.3 Å². The summed E-state index contributed by atoms with van der Waals surface area (Å²) in [6.45, 7) is -0.0319. The normalized spacial score (nSPS) is 10.3. The first kappa shape index (κ1) is 13.8. The van der Waals surface area contributed by atoms with Gasteiger partial charge in [0.15, 0.2) is 10.0 Å². The summed E-state index contributed by atoms with van der Waals surface area (Å²) < 4.78 is 10.0. The van der Waals surface area contributed by atoms with E-state index in [0.717, 1.165) is 16.9 Å². The van der Waals surface area contributed by atoms with Crippen molar-refractivity contribution in [3.05, 3.63) is 39.9 Å². The second kappa shape index (κ2) is 6.01. The molecule has 0 aliphatic rings. The van der Waals surface area contributed by atoms with Crippen LogP contribution in [0.4, 0.5) is 0 Å². The van der Waals surface area contributed by atoms with Crippen LogP contribution in [0.15, 0.2) is 24.3 Å². The predicted octanol–water partition coefficient (Wildman–Crippen LogP) is 2.87. The molecule has 0 radical (unpaired) electrons. The first-order valence-corrected chi connectivity index (χ1v) is 6.45. The summed E-state index contributed by atoms with van der Waals surface area (Å²) in [4.78, 5) is 15.5. The number of aliphatic hydroxyl groups is 1. The van der Waals surface area contributed by atoms with Crippen molar-refractivity contribution in [2.75, 3.05) is 7.11 Å². The predicted molar refractivity (Wildman–Crippen MR) is 70.9 cm³/mol. The second-order valence-corrected chi connectivity index (χ2v) is 4.82. The first-order valence-electron chi connectivity index (χ1n) is 5.26. The standard InChI is InChI=1S/C12H10ClNO4S/c1-17-11(16)9-10(13)14-12(19-9)18-8-4-2-7(6-15)3-5-8/h2-5,15H,6H2,1H3. The lowest BCUT2D eigenvalue weighted by molar-refractivity contribution is 0.0606. The third-order valence-corrected chi connectivity index (χ3v) is 3.55. The second-order valence-electron chi connectivity index (χ2n) is 3.50. The van der Waals surface area contributed by atoms with E-state index in [4.69, 9.17) is 21.4 Å². The molecule has 2 aromatic rings. The number of methoxy groups -OCH3 is 1. The van der Waals surface area contributed by atoms with E-state index in [9.17, 15) is 4.79 Å². The van der Waals surface area contributed by atoms with Gasteiger partial charge in [-0.05, 0) is 17.7 Å². The smallest absolute Gasteiger partial charge is 0.351 e. The van der Waals surface area contributed by atoms with Crippen molar-refractivity contribution in [3.8, 4) is 10.9 Å². The SMILES string of the molecule is COC(=O)c1sc(Oc2ccc(CO)cc2)nc1Cl. The topological polar surface area (TPSA) is 68.7 Å². The molecule has 1 aromatic carbocycles. The lowest BCUT2D eigenvalue weighted by Gasteiger charge is -2.01. The highest BCUT2D eigenvalue weighted by molar-refractivity contribution is 7.15. The zero-order valence-corrected chi connectivity index (χ0v) is 11.5. The third-order valence-electron chi connectivity index (χ3n) is 2.25. The Morgan fingerprint density at radius 1 is 1.42 bits per heavy atom. The number of rotatable bonds is 4. The summed E-state index contributed by atoms with van der Waals surface area (Å²) >= 11 is 6.83. The fourth-order valence-corrected chi connectivity index (χ4v) is 2.37. The van der Waals surface area contributed by atoms with Gasteiger partial charge in [-0.25, -0.2) is 4.79 Å². The number of ether oxygens (including phenoxy) is 2. The van der Waals surface area contributed by atoms with Gasteiger partial charge in [-0.15, -0.1) is 0 Å². The van der Waals surface area contributed by atoms with Crippen molar-refractivity contribution in [2.45, 2.75) is 6.61 Å². The Hall–Kier alpha value is -1.63. The van der Waals surface area contributed by atoms with Gasteiger partial charge in [0.2, 0.25) is 0 Å². The fraction of sp³-hybridized carbons (Fsp3) is 0.167. The largest absolute Gasteiger partial charge is 0.465 e. The van der Waals surface area contributed by atoms with Crippen molar-refractivity contribution < 1.29 is 19.4 Å². The Morgan fingerprint density at radius 2 is 2.11 bits per heavy atom. The van der Waals surface area contributed by atoms with Crippen LogP contribution in [0.2, 0.25) is 5.15 Å². The van der Waals surface area contributed by atoms with Gasteiger partial charge in [0, 0.05) is 0 Å². The fourth-order valence-electron chi connectivity index (χ4n) is 1.31. The zero-order valence-electron chi connectivity index (χ0n) is 9.92. The van der Waals surface area contributed by atoms with Crippen LogP contribution < -0.4 is 4.74 Å². The van der Waals surface area contributed by atoms with Gasteiger partial charge in [0.25, 0.3) is 5.19 Å². The van der Waals surface area contributed by atoms with Crippen LogP contribution in [0.1, 0.15) is 15.2 Å². The van der Waals surface area contributed by atoms with Gasteiger partial charge in [0.1, 0.15) is 5.75 Å². The van der Waals surface area contributed by atoms with Gasteiger partial charge in [-0.3, -0.25) is 0 Å². The van der Waals surface area contributed by atoms with E-state index in [1.54, 1.807) is 24.3 Å². The molecule has 0 amide bonds. The number of halogens is 1. The maximum atomic E-state index is 11.4. The van der Waals surface area contributed by atoms with Crippen LogP contribution in [0.25, 0.3) is 0 Å². The van der Waals surface area contributed by atoms with Crippen LogP contribution in [0.5, 0.6) is 10.9 Å². The molecule has 1 aromatic heterocycles. The van der Waals surface area contributed by atoms with E-state index < -0.39 is 5.97 Å². The molecule has 100 valence electrons. The van der Waals surface area contributed by atoms with E-state index in [1.165, 1.54) is 7.11 Å². The van der Waals surface area contributed by atoms with Crippen LogP contribution in [-0.4, -0.2) is 23.2 Å². The van der Waals surface area contributed by atoms with Crippen molar-refractivity contribution in [3.63, 3.8) is 0 Å². The molecule has 0 fully saturated rings. The van der Waals surface area contributed by atoms with Crippen LogP contribution >= 0.6 is 22.9 Å². The monoisotopic (exact) mass is 299 g/mol. The molecule has 7 heteroatoms. The van der Waals surface area contributed by atoms with E-state index in [2.05, 4.69) is 9.72 Å². The summed E-state index contributed by atoms with van der Waals surface area (Å²) in [6, 6.07) is 6.84. The van der Waals surface area contributed by atoms with E-state index in [0.29, 0.717) is 5.75 Å². The third kappa shape index (κ3) is 3.23. The summed E-state index contributed by atoms with van der Waals surface area (Å²) in [5.41, 5.74) is 0.778. The Kier molecular flexibility index (Phi) is 4.36. The Morgan fingerprint density at radius 3 is 2.68 bits per heavy atom. The lowest BCUT2D eigenvalue weighted by atomic mass is 10.2. The minimum absolute atomic E-state index is 0.0319. The van der Waals surface area contributed by atoms with Crippen molar-refractivity contribution in [1.29, 1.82) is 0 Å². The number of thiazole rings is 1. The maximum Gasteiger partial charge on any atom is 0.351 e. The summed E-state index contributed by atoms with van der Waals surface area (Å²) in [5, 5.41) is 9.23. The summed E-state index contributed by atoms with van der Waals surface area (Å²) in [5.74, 6) is -0.00740. The highest BCUT2D eigenvalue weighted by atomic mass is 35.5. The van der Waals surface area contributed by atoms with Gasteiger partial charge >= 0.3 is 5.97 Å². The Labute approximate surface area is 118 Å². The van der Waals surface area contributed by atoms with Gasteiger partial charge in [-0.2, -0.15) is 4.98 Å². The number of benzene rings is 1. The number of esters is 1. The average Bonchev–Trinajstić information content (AvgIpc) is 2.79.